The molecule has 1 unspecified atom stereocenters. The van der Waals surface area contributed by atoms with Gasteiger partial charge in [0.2, 0.25) is 21.8 Å². The Morgan fingerprint density at radius 1 is 1.06 bits per heavy atom. The summed E-state index contributed by atoms with van der Waals surface area (Å²) in [6, 6.07) is 10.5. The molecule has 35 heavy (non-hydrogen) atoms. The van der Waals surface area contributed by atoms with E-state index in [1.165, 1.54) is 13.0 Å². The number of rotatable bonds is 7. The van der Waals surface area contributed by atoms with Crippen molar-refractivity contribution in [2.45, 2.75) is 56.3 Å². The molecule has 11 heteroatoms. The minimum Gasteiger partial charge on any atom is -0.351 e. The number of sulfonamides is 1. The number of carbonyl (C=O) groups excluding carboxylic acids is 2. The number of alkyl halides is 3. The second-order valence-corrected chi connectivity index (χ2v) is 10.5. The molecule has 3 rings (SSSR count). The zero-order valence-electron chi connectivity index (χ0n) is 19.4. The van der Waals surface area contributed by atoms with Crippen LogP contribution in [0.4, 0.5) is 13.2 Å². The van der Waals surface area contributed by atoms with E-state index in [1.807, 2.05) is 31.2 Å². The summed E-state index contributed by atoms with van der Waals surface area (Å²) >= 11 is 0. The van der Waals surface area contributed by atoms with Crippen LogP contribution in [0, 0.1) is 6.92 Å². The van der Waals surface area contributed by atoms with Gasteiger partial charge in [0.15, 0.2) is 0 Å². The fourth-order valence-corrected chi connectivity index (χ4v) is 5.70. The number of nitrogens with zero attached hydrogens (tertiary/aromatic N) is 1. The molecule has 2 amide bonds. The Kier molecular flexibility index (Phi) is 8.22. The van der Waals surface area contributed by atoms with Crippen LogP contribution >= 0.6 is 0 Å². The highest BCUT2D eigenvalue weighted by molar-refractivity contribution is 7.89. The number of benzene rings is 2. The van der Waals surface area contributed by atoms with Gasteiger partial charge in [0.1, 0.15) is 6.04 Å². The van der Waals surface area contributed by atoms with Crippen LogP contribution in [0.3, 0.4) is 0 Å². The molecule has 1 heterocycles. The molecular weight excluding hydrogens is 483 g/mol. The van der Waals surface area contributed by atoms with Crippen molar-refractivity contribution in [3.8, 4) is 0 Å². The third-order valence-electron chi connectivity index (χ3n) is 5.87. The topological polar surface area (TPSA) is 95.6 Å². The van der Waals surface area contributed by atoms with Gasteiger partial charge in [-0.1, -0.05) is 42.0 Å². The van der Waals surface area contributed by atoms with Gasteiger partial charge in [-0.15, -0.1) is 0 Å². The van der Waals surface area contributed by atoms with Crippen LogP contribution in [0.25, 0.3) is 0 Å². The summed E-state index contributed by atoms with van der Waals surface area (Å²) in [4.78, 5) is 23.7. The minimum atomic E-state index is -4.80. The van der Waals surface area contributed by atoms with Crippen LogP contribution in [-0.2, 0) is 32.2 Å². The van der Waals surface area contributed by atoms with Gasteiger partial charge < -0.3 is 10.6 Å². The Morgan fingerprint density at radius 2 is 1.66 bits per heavy atom. The molecule has 0 radical (unpaired) electrons. The minimum absolute atomic E-state index is 0.0394. The van der Waals surface area contributed by atoms with Crippen LogP contribution in [-0.4, -0.2) is 49.7 Å². The van der Waals surface area contributed by atoms with E-state index in [2.05, 4.69) is 10.6 Å². The molecule has 0 aliphatic carbocycles. The Balaban J connectivity index is 1.65. The predicted octanol–water partition coefficient (Wildman–Crippen LogP) is 3.03. The second-order valence-electron chi connectivity index (χ2n) is 8.62. The number of hydrogen-bond acceptors (Lipinski definition) is 4. The first kappa shape index (κ1) is 26.7. The maximum atomic E-state index is 13.3. The molecule has 0 aromatic heterocycles. The molecule has 2 N–H and O–H groups in total. The summed E-state index contributed by atoms with van der Waals surface area (Å²) in [5, 5.41) is 5.49. The van der Waals surface area contributed by atoms with Crippen molar-refractivity contribution in [1.82, 2.24) is 14.9 Å². The zero-order chi connectivity index (χ0) is 25.8. The van der Waals surface area contributed by atoms with Crippen LogP contribution < -0.4 is 10.6 Å². The molecule has 190 valence electrons. The monoisotopic (exact) mass is 511 g/mol. The van der Waals surface area contributed by atoms with Gasteiger partial charge in [-0.25, -0.2) is 8.42 Å². The van der Waals surface area contributed by atoms with Crippen LogP contribution in [0.1, 0.15) is 36.5 Å². The third kappa shape index (κ3) is 6.82. The number of aryl methyl sites for hydroxylation is 1. The lowest BCUT2D eigenvalue weighted by Gasteiger charge is -2.33. The molecule has 1 atom stereocenters. The average Bonchev–Trinajstić information content (AvgIpc) is 2.79. The van der Waals surface area contributed by atoms with Crippen molar-refractivity contribution < 1.29 is 31.2 Å². The average molecular weight is 512 g/mol. The lowest BCUT2D eigenvalue weighted by molar-refractivity contribution is -0.140. The third-order valence-corrected chi connectivity index (χ3v) is 7.82. The van der Waals surface area contributed by atoms with Crippen molar-refractivity contribution in [3.63, 3.8) is 0 Å². The number of halogens is 3. The molecule has 1 aliphatic rings. The Morgan fingerprint density at radius 3 is 2.23 bits per heavy atom. The summed E-state index contributed by atoms with van der Waals surface area (Å²) in [5.41, 5.74) is 0.729. The summed E-state index contributed by atoms with van der Waals surface area (Å²) in [6.45, 7) is 3.18. The van der Waals surface area contributed by atoms with E-state index in [0.29, 0.717) is 0 Å². The van der Waals surface area contributed by atoms with Gasteiger partial charge in [0.05, 0.1) is 10.5 Å². The Bertz CT molecular complexity index is 1160. The van der Waals surface area contributed by atoms with Crippen molar-refractivity contribution >= 4 is 21.8 Å². The molecule has 2 aromatic carbocycles. The number of hydrogen-bond donors (Lipinski definition) is 2. The van der Waals surface area contributed by atoms with Gasteiger partial charge in [-0.3, -0.25) is 9.59 Å². The fourth-order valence-electron chi connectivity index (χ4n) is 4.02. The summed E-state index contributed by atoms with van der Waals surface area (Å²) in [7, 11) is -4.36. The summed E-state index contributed by atoms with van der Waals surface area (Å²) in [6.07, 6.45) is -4.05. The Labute approximate surface area is 202 Å². The largest absolute Gasteiger partial charge is 0.417 e. The second kappa shape index (κ2) is 10.8. The van der Waals surface area contributed by atoms with Crippen LogP contribution in [0.2, 0.25) is 0 Å². The van der Waals surface area contributed by atoms with Crippen LogP contribution in [0.5, 0.6) is 0 Å². The van der Waals surface area contributed by atoms with Crippen molar-refractivity contribution in [2.24, 2.45) is 0 Å². The quantitative estimate of drug-likeness (QED) is 0.598. The highest BCUT2D eigenvalue weighted by Crippen LogP contribution is 2.35. The maximum absolute atomic E-state index is 13.3. The van der Waals surface area contributed by atoms with Gasteiger partial charge in [0, 0.05) is 32.5 Å². The number of amides is 2. The predicted molar refractivity (Wildman–Crippen MR) is 124 cm³/mol. The van der Waals surface area contributed by atoms with E-state index in [0.717, 1.165) is 33.6 Å². The van der Waals surface area contributed by atoms with E-state index < -0.39 is 38.6 Å². The zero-order valence-corrected chi connectivity index (χ0v) is 20.2. The molecule has 0 saturated carbocycles. The standard InChI is InChI=1S/C24H28F3N3O4S/c1-16-7-9-18(10-8-16)15-21(28-17(2)31)23(32)29-19-11-13-30(14-12-19)35(33,34)22-6-4-3-5-20(22)24(25,26)27/h3-10,19,21H,11-15H2,1-2H3,(H,28,31)(H,29,32). The normalized spacial score (nSPS) is 16.5. The molecule has 2 aromatic rings. The highest BCUT2D eigenvalue weighted by Gasteiger charge is 2.39. The first-order chi connectivity index (χ1) is 16.4. The van der Waals surface area contributed by atoms with Gasteiger partial charge >= 0.3 is 6.18 Å². The summed E-state index contributed by atoms with van der Waals surface area (Å²) in [5.74, 6) is -0.758. The van der Waals surface area contributed by atoms with Gasteiger partial charge in [-0.05, 0) is 37.5 Å². The van der Waals surface area contributed by atoms with Crippen molar-refractivity contribution in [2.75, 3.05) is 13.1 Å². The molecule has 1 saturated heterocycles. The maximum Gasteiger partial charge on any atom is 0.417 e. The SMILES string of the molecule is CC(=O)NC(Cc1ccc(C)cc1)C(=O)NC1CCN(S(=O)(=O)c2ccccc2C(F)(F)F)CC1. The molecule has 7 nitrogen and oxygen atoms in total. The van der Waals surface area contributed by atoms with Gasteiger partial charge in [0.25, 0.3) is 0 Å². The fraction of sp³-hybridized carbons (Fsp3) is 0.417. The number of piperidine rings is 1. The van der Waals surface area contributed by atoms with E-state index in [4.69, 9.17) is 0 Å². The number of carbonyl (C=O) groups is 2. The lowest BCUT2D eigenvalue weighted by Crippen LogP contribution is -2.53. The molecule has 1 fully saturated rings. The van der Waals surface area contributed by atoms with E-state index >= 15 is 0 Å². The van der Waals surface area contributed by atoms with E-state index in [-0.39, 0.29) is 44.3 Å². The molecular formula is C24H28F3N3O4S. The summed E-state index contributed by atoms with van der Waals surface area (Å²) < 4.78 is 66.9. The van der Waals surface area contributed by atoms with E-state index in [9.17, 15) is 31.2 Å². The van der Waals surface area contributed by atoms with Crippen molar-refractivity contribution in [1.29, 1.82) is 0 Å². The van der Waals surface area contributed by atoms with Crippen molar-refractivity contribution in [3.05, 3.63) is 65.2 Å². The molecule has 0 bridgehead atoms. The lowest BCUT2D eigenvalue weighted by atomic mass is 10.0. The molecule has 0 spiro atoms. The Hall–Kier alpha value is -2.92. The van der Waals surface area contributed by atoms with Gasteiger partial charge in [-0.2, -0.15) is 17.5 Å². The smallest absolute Gasteiger partial charge is 0.351 e. The highest BCUT2D eigenvalue weighted by atomic mass is 32.2. The first-order valence-electron chi connectivity index (χ1n) is 11.2. The molecule has 1 aliphatic heterocycles. The number of nitrogens with one attached hydrogen (secondary N) is 2. The van der Waals surface area contributed by atoms with E-state index in [1.54, 1.807) is 0 Å². The van der Waals surface area contributed by atoms with Crippen LogP contribution in [0.15, 0.2) is 53.4 Å². The first-order valence-corrected chi connectivity index (χ1v) is 12.6.